The van der Waals surface area contributed by atoms with Crippen LogP contribution in [0.4, 0.5) is 5.69 Å². The minimum absolute atomic E-state index is 0.0565. The summed E-state index contributed by atoms with van der Waals surface area (Å²) in [7, 11) is 0. The molecule has 102 valence electrons. The van der Waals surface area contributed by atoms with Crippen molar-refractivity contribution in [3.63, 3.8) is 0 Å². The lowest BCUT2D eigenvalue weighted by Crippen LogP contribution is -2.49. The van der Waals surface area contributed by atoms with Crippen LogP contribution in [0, 0.1) is 17.0 Å². The molecule has 0 radical (unpaired) electrons. The normalized spacial score (nSPS) is 10.9. The van der Waals surface area contributed by atoms with Crippen LogP contribution in [-0.4, -0.2) is 27.4 Å². The summed E-state index contributed by atoms with van der Waals surface area (Å²) < 4.78 is 0. The van der Waals surface area contributed by atoms with Crippen molar-refractivity contribution in [1.29, 1.82) is 0 Å². The van der Waals surface area contributed by atoms with Crippen molar-refractivity contribution < 1.29 is 19.6 Å². The average molecular weight is 266 g/mol. The first kappa shape index (κ1) is 14.6. The molecule has 1 amide bonds. The number of hydrogen-bond acceptors (Lipinski definition) is 4. The van der Waals surface area contributed by atoms with E-state index < -0.39 is 22.3 Å². The highest BCUT2D eigenvalue weighted by molar-refractivity contribution is 5.98. The molecular formula is C12H14N2O5. The first-order valence-corrected chi connectivity index (χ1v) is 5.45. The maximum absolute atomic E-state index is 11.9. The van der Waals surface area contributed by atoms with Gasteiger partial charge in [0.2, 0.25) is 0 Å². The molecule has 0 bridgehead atoms. The lowest BCUT2D eigenvalue weighted by molar-refractivity contribution is -0.384. The Morgan fingerprint density at radius 2 is 1.89 bits per heavy atom. The topological polar surface area (TPSA) is 110 Å². The molecule has 1 aromatic carbocycles. The van der Waals surface area contributed by atoms with E-state index in [1.807, 2.05) is 0 Å². The van der Waals surface area contributed by atoms with Gasteiger partial charge in [0.05, 0.1) is 4.92 Å². The number of nitro benzene ring substituents is 1. The molecular weight excluding hydrogens is 252 g/mol. The van der Waals surface area contributed by atoms with E-state index in [1.165, 1.54) is 26.0 Å². The molecule has 2 N–H and O–H groups in total. The predicted octanol–water partition coefficient (Wildman–Crippen LogP) is 1.50. The number of nitrogens with zero attached hydrogens (tertiary/aromatic N) is 1. The van der Waals surface area contributed by atoms with Crippen molar-refractivity contribution in [2.24, 2.45) is 0 Å². The summed E-state index contributed by atoms with van der Waals surface area (Å²) in [6, 6.07) is 3.90. The Kier molecular flexibility index (Phi) is 3.89. The van der Waals surface area contributed by atoms with Gasteiger partial charge in [0, 0.05) is 17.7 Å². The van der Waals surface area contributed by atoms with Gasteiger partial charge in [-0.15, -0.1) is 0 Å². The molecule has 0 aliphatic rings. The first-order chi connectivity index (χ1) is 8.63. The standard InChI is InChI=1S/C12H14N2O5/c1-7-4-8(6-9(5-7)14(18)19)10(15)13-12(2,3)11(16)17/h4-6H,1-3H3,(H,13,15)(H,16,17). The van der Waals surface area contributed by atoms with Crippen molar-refractivity contribution in [2.45, 2.75) is 26.3 Å². The number of rotatable bonds is 4. The average Bonchev–Trinajstić information content (AvgIpc) is 2.27. The summed E-state index contributed by atoms with van der Waals surface area (Å²) in [5, 5.41) is 21.9. The van der Waals surface area contributed by atoms with Gasteiger partial charge in [0.25, 0.3) is 11.6 Å². The van der Waals surface area contributed by atoms with Crippen LogP contribution >= 0.6 is 0 Å². The number of nitro groups is 1. The third-order valence-electron chi connectivity index (χ3n) is 2.50. The summed E-state index contributed by atoms with van der Waals surface area (Å²) in [5.74, 6) is -1.86. The molecule has 19 heavy (non-hydrogen) atoms. The Morgan fingerprint density at radius 3 is 2.37 bits per heavy atom. The highest BCUT2D eigenvalue weighted by Crippen LogP contribution is 2.17. The zero-order valence-corrected chi connectivity index (χ0v) is 10.8. The molecule has 7 nitrogen and oxygen atoms in total. The van der Waals surface area contributed by atoms with E-state index in [1.54, 1.807) is 6.92 Å². The number of carbonyl (C=O) groups excluding carboxylic acids is 1. The van der Waals surface area contributed by atoms with E-state index >= 15 is 0 Å². The molecule has 0 unspecified atom stereocenters. The van der Waals surface area contributed by atoms with E-state index in [2.05, 4.69) is 5.32 Å². The molecule has 0 heterocycles. The number of carboxylic acid groups (broad SMARTS) is 1. The number of amides is 1. The van der Waals surface area contributed by atoms with Gasteiger partial charge in [-0.2, -0.15) is 0 Å². The van der Waals surface area contributed by atoms with Crippen molar-refractivity contribution in [2.75, 3.05) is 0 Å². The van der Waals surface area contributed by atoms with Crippen LogP contribution in [0.3, 0.4) is 0 Å². The monoisotopic (exact) mass is 266 g/mol. The third kappa shape index (κ3) is 3.51. The number of aliphatic carboxylic acids is 1. The number of carboxylic acids is 1. The Labute approximate surface area is 109 Å². The second kappa shape index (κ2) is 5.05. The maximum atomic E-state index is 11.9. The van der Waals surface area contributed by atoms with Crippen LogP contribution in [0.2, 0.25) is 0 Å². The summed E-state index contributed by atoms with van der Waals surface area (Å²) in [4.78, 5) is 32.9. The van der Waals surface area contributed by atoms with E-state index in [-0.39, 0.29) is 11.3 Å². The fourth-order valence-electron chi connectivity index (χ4n) is 1.41. The van der Waals surface area contributed by atoms with E-state index in [0.29, 0.717) is 5.56 Å². The largest absolute Gasteiger partial charge is 0.480 e. The van der Waals surface area contributed by atoms with E-state index in [9.17, 15) is 19.7 Å². The van der Waals surface area contributed by atoms with Gasteiger partial charge in [0.15, 0.2) is 0 Å². The Hall–Kier alpha value is -2.44. The summed E-state index contributed by atoms with van der Waals surface area (Å²) in [6.45, 7) is 4.28. The number of non-ortho nitro benzene ring substituents is 1. The van der Waals surface area contributed by atoms with Gasteiger partial charge < -0.3 is 10.4 Å². The van der Waals surface area contributed by atoms with Gasteiger partial charge in [-0.25, -0.2) is 4.79 Å². The van der Waals surface area contributed by atoms with Gasteiger partial charge in [-0.05, 0) is 32.4 Å². The molecule has 7 heteroatoms. The van der Waals surface area contributed by atoms with Crippen LogP contribution in [0.5, 0.6) is 0 Å². The zero-order valence-electron chi connectivity index (χ0n) is 10.8. The molecule has 0 fully saturated rings. The van der Waals surface area contributed by atoms with Gasteiger partial charge >= 0.3 is 5.97 Å². The van der Waals surface area contributed by atoms with Crippen LogP contribution < -0.4 is 5.32 Å². The first-order valence-electron chi connectivity index (χ1n) is 5.45. The Balaban J connectivity index is 3.07. The molecule has 1 aromatic rings. The fourth-order valence-corrected chi connectivity index (χ4v) is 1.41. The van der Waals surface area contributed by atoms with Crippen LogP contribution in [0.15, 0.2) is 18.2 Å². The molecule has 0 aromatic heterocycles. The lowest BCUT2D eigenvalue weighted by Gasteiger charge is -2.21. The number of aryl methyl sites for hydroxylation is 1. The van der Waals surface area contributed by atoms with E-state index in [0.717, 1.165) is 6.07 Å². The highest BCUT2D eigenvalue weighted by Gasteiger charge is 2.29. The van der Waals surface area contributed by atoms with Gasteiger partial charge in [0.1, 0.15) is 5.54 Å². The summed E-state index contributed by atoms with van der Waals surface area (Å²) in [6.07, 6.45) is 0. The lowest BCUT2D eigenvalue weighted by atomic mass is 10.0. The molecule has 0 aliphatic heterocycles. The number of benzene rings is 1. The molecule has 0 spiro atoms. The minimum Gasteiger partial charge on any atom is -0.480 e. The SMILES string of the molecule is Cc1cc(C(=O)NC(C)(C)C(=O)O)cc([N+](=O)[O-])c1. The second-order valence-corrected chi connectivity index (χ2v) is 4.70. The molecule has 0 aliphatic carbocycles. The predicted molar refractivity (Wildman–Crippen MR) is 67.0 cm³/mol. The smallest absolute Gasteiger partial charge is 0.328 e. The number of carbonyl (C=O) groups is 2. The maximum Gasteiger partial charge on any atom is 0.328 e. The zero-order chi connectivity index (χ0) is 14.8. The number of nitrogens with one attached hydrogen (secondary N) is 1. The van der Waals surface area contributed by atoms with Crippen LogP contribution in [0.25, 0.3) is 0 Å². The summed E-state index contributed by atoms with van der Waals surface area (Å²) >= 11 is 0. The van der Waals surface area contributed by atoms with Crippen LogP contribution in [0.1, 0.15) is 29.8 Å². The van der Waals surface area contributed by atoms with Gasteiger partial charge in [-0.1, -0.05) is 0 Å². The van der Waals surface area contributed by atoms with Crippen molar-refractivity contribution in [3.8, 4) is 0 Å². The molecule has 0 atom stereocenters. The third-order valence-corrected chi connectivity index (χ3v) is 2.50. The Morgan fingerprint density at radius 1 is 1.32 bits per heavy atom. The van der Waals surface area contributed by atoms with Crippen molar-refractivity contribution >= 4 is 17.6 Å². The highest BCUT2D eigenvalue weighted by atomic mass is 16.6. The van der Waals surface area contributed by atoms with E-state index in [4.69, 9.17) is 5.11 Å². The number of hydrogen-bond donors (Lipinski definition) is 2. The minimum atomic E-state index is -1.45. The van der Waals surface area contributed by atoms with Gasteiger partial charge in [-0.3, -0.25) is 14.9 Å². The molecule has 1 rings (SSSR count). The fraction of sp³-hybridized carbons (Fsp3) is 0.333. The summed E-state index contributed by atoms with van der Waals surface area (Å²) in [5.41, 5.74) is -1.05. The van der Waals surface area contributed by atoms with Crippen molar-refractivity contribution in [3.05, 3.63) is 39.4 Å². The molecule has 0 saturated carbocycles. The Bertz CT molecular complexity index is 551. The van der Waals surface area contributed by atoms with Crippen molar-refractivity contribution in [1.82, 2.24) is 5.32 Å². The second-order valence-electron chi connectivity index (χ2n) is 4.70. The quantitative estimate of drug-likeness (QED) is 0.633. The van der Waals surface area contributed by atoms with Crippen LogP contribution in [-0.2, 0) is 4.79 Å². The molecule has 0 saturated heterocycles.